The van der Waals surface area contributed by atoms with E-state index in [1.54, 1.807) is 28.0 Å². The lowest BCUT2D eigenvalue weighted by molar-refractivity contribution is -0.124. The van der Waals surface area contributed by atoms with Crippen LogP contribution in [0.2, 0.25) is 0 Å². The number of piperidine rings is 1. The van der Waals surface area contributed by atoms with Gasteiger partial charge in [-0.25, -0.2) is 0 Å². The van der Waals surface area contributed by atoms with E-state index in [-0.39, 0.29) is 23.8 Å². The van der Waals surface area contributed by atoms with Gasteiger partial charge in [0.15, 0.2) is 0 Å². The number of carbonyl (C=O) groups excluding carboxylic acids is 3. The van der Waals surface area contributed by atoms with Crippen LogP contribution in [0.15, 0.2) is 64.9 Å². The molecule has 0 spiro atoms. The number of fused-ring (bicyclic) bond motifs is 2. The second-order valence-corrected chi connectivity index (χ2v) is 10.4. The molecule has 0 bridgehead atoms. The average Bonchev–Trinajstić information content (AvgIpc) is 3.33. The number of amides is 3. The molecule has 34 heavy (non-hydrogen) atoms. The zero-order valence-corrected chi connectivity index (χ0v) is 20.4. The van der Waals surface area contributed by atoms with Crippen molar-refractivity contribution in [1.82, 2.24) is 10.2 Å². The molecule has 2 atom stereocenters. The van der Waals surface area contributed by atoms with E-state index in [9.17, 15) is 14.4 Å². The highest BCUT2D eigenvalue weighted by atomic mass is 32.2. The minimum absolute atomic E-state index is 0.0540. The van der Waals surface area contributed by atoms with Crippen LogP contribution in [0.4, 0.5) is 5.69 Å². The molecule has 2 aromatic carbocycles. The van der Waals surface area contributed by atoms with Gasteiger partial charge >= 0.3 is 0 Å². The molecule has 5 rings (SSSR count). The first kappa shape index (κ1) is 22.7. The molecule has 3 amide bonds. The first-order valence-corrected chi connectivity index (χ1v) is 13.3. The Morgan fingerprint density at radius 1 is 1.15 bits per heavy atom. The summed E-state index contributed by atoms with van der Waals surface area (Å²) in [5.41, 5.74) is 2.99. The molecule has 2 unspecified atom stereocenters. The number of hydrogen-bond acceptors (Lipinski definition) is 5. The maximum absolute atomic E-state index is 13.5. The lowest BCUT2D eigenvalue weighted by Gasteiger charge is -2.37. The first-order chi connectivity index (χ1) is 16.5. The summed E-state index contributed by atoms with van der Waals surface area (Å²) >= 11 is 3.23. The normalized spacial score (nSPS) is 19.6. The van der Waals surface area contributed by atoms with Crippen molar-refractivity contribution in [1.29, 1.82) is 0 Å². The summed E-state index contributed by atoms with van der Waals surface area (Å²) in [4.78, 5) is 42.8. The fraction of sp³-hybridized carbons (Fsp3) is 0.269. The monoisotopic (exact) mass is 491 g/mol. The van der Waals surface area contributed by atoms with E-state index in [2.05, 4.69) is 22.8 Å². The highest BCUT2D eigenvalue weighted by molar-refractivity contribution is 7.98. The number of thioether (sulfide) groups is 1. The SMILES string of the molecule is CSc1ccc(-c2ccc3c(c2)C(=O)N2CCC(NC(=O)Cc4cccs4)CC2C(=O)N3)cc1. The predicted octanol–water partition coefficient (Wildman–Crippen LogP) is 4.42. The second-order valence-electron chi connectivity index (χ2n) is 8.54. The Hall–Kier alpha value is -3.10. The number of hydrogen-bond donors (Lipinski definition) is 2. The summed E-state index contributed by atoms with van der Waals surface area (Å²) in [5, 5.41) is 7.95. The highest BCUT2D eigenvalue weighted by Crippen LogP contribution is 2.32. The highest BCUT2D eigenvalue weighted by Gasteiger charge is 2.40. The molecule has 1 saturated heterocycles. The molecular weight excluding hydrogens is 466 g/mol. The summed E-state index contributed by atoms with van der Waals surface area (Å²) in [7, 11) is 0. The maximum Gasteiger partial charge on any atom is 0.256 e. The van der Waals surface area contributed by atoms with Crippen molar-refractivity contribution in [3.8, 4) is 11.1 Å². The van der Waals surface area contributed by atoms with Crippen LogP contribution in [-0.2, 0) is 16.0 Å². The Morgan fingerprint density at radius 2 is 1.94 bits per heavy atom. The van der Waals surface area contributed by atoms with Gasteiger partial charge in [0.25, 0.3) is 5.91 Å². The van der Waals surface area contributed by atoms with Crippen LogP contribution in [0.3, 0.4) is 0 Å². The van der Waals surface area contributed by atoms with Gasteiger partial charge in [-0.2, -0.15) is 0 Å². The molecule has 3 heterocycles. The smallest absolute Gasteiger partial charge is 0.256 e. The largest absolute Gasteiger partial charge is 0.353 e. The molecule has 8 heteroatoms. The van der Waals surface area contributed by atoms with Crippen LogP contribution in [0.5, 0.6) is 0 Å². The first-order valence-electron chi connectivity index (χ1n) is 11.2. The van der Waals surface area contributed by atoms with Gasteiger partial charge in [0.1, 0.15) is 6.04 Å². The van der Waals surface area contributed by atoms with E-state index in [0.717, 1.165) is 16.0 Å². The maximum atomic E-state index is 13.5. The van der Waals surface area contributed by atoms with Gasteiger partial charge in [-0.1, -0.05) is 24.3 Å². The number of thiophene rings is 1. The van der Waals surface area contributed by atoms with E-state index in [0.29, 0.717) is 37.1 Å². The molecular formula is C26H25N3O3S2. The van der Waals surface area contributed by atoms with Crippen molar-refractivity contribution in [2.75, 3.05) is 18.1 Å². The Morgan fingerprint density at radius 3 is 2.68 bits per heavy atom. The van der Waals surface area contributed by atoms with Crippen molar-refractivity contribution in [2.45, 2.75) is 36.2 Å². The molecule has 174 valence electrons. The molecule has 0 radical (unpaired) electrons. The van der Waals surface area contributed by atoms with Crippen molar-refractivity contribution in [3.63, 3.8) is 0 Å². The van der Waals surface area contributed by atoms with Gasteiger partial charge in [-0.3, -0.25) is 14.4 Å². The van der Waals surface area contributed by atoms with Crippen LogP contribution in [0, 0.1) is 0 Å². The second kappa shape index (κ2) is 9.64. The summed E-state index contributed by atoms with van der Waals surface area (Å²) in [6.07, 6.45) is 3.40. The summed E-state index contributed by atoms with van der Waals surface area (Å²) in [5.74, 6) is -0.410. The molecule has 1 aromatic heterocycles. The number of rotatable bonds is 5. The predicted molar refractivity (Wildman–Crippen MR) is 136 cm³/mol. The van der Waals surface area contributed by atoms with Gasteiger partial charge in [0.05, 0.1) is 17.7 Å². The lowest BCUT2D eigenvalue weighted by Crippen LogP contribution is -2.55. The Bertz CT molecular complexity index is 1220. The van der Waals surface area contributed by atoms with E-state index < -0.39 is 6.04 Å². The Labute approximate surface area is 206 Å². The van der Waals surface area contributed by atoms with Gasteiger partial charge in [0.2, 0.25) is 11.8 Å². The van der Waals surface area contributed by atoms with Crippen molar-refractivity contribution in [2.24, 2.45) is 0 Å². The lowest BCUT2D eigenvalue weighted by atomic mass is 9.95. The van der Waals surface area contributed by atoms with Gasteiger partial charge in [0, 0.05) is 22.4 Å². The van der Waals surface area contributed by atoms with Crippen LogP contribution in [0.1, 0.15) is 28.1 Å². The third-order valence-corrected chi connectivity index (χ3v) is 8.00. The topological polar surface area (TPSA) is 78.5 Å². The van der Waals surface area contributed by atoms with Gasteiger partial charge in [-0.05, 0) is 65.9 Å². The van der Waals surface area contributed by atoms with Gasteiger partial charge in [-0.15, -0.1) is 23.1 Å². The molecule has 0 aliphatic carbocycles. The number of benzene rings is 2. The number of nitrogens with zero attached hydrogens (tertiary/aromatic N) is 1. The van der Waals surface area contributed by atoms with E-state index in [4.69, 9.17) is 0 Å². The van der Waals surface area contributed by atoms with E-state index >= 15 is 0 Å². The number of carbonyl (C=O) groups is 3. The third-order valence-electron chi connectivity index (χ3n) is 6.38. The zero-order valence-electron chi connectivity index (χ0n) is 18.7. The molecule has 2 N–H and O–H groups in total. The van der Waals surface area contributed by atoms with Crippen LogP contribution >= 0.6 is 23.1 Å². The van der Waals surface area contributed by atoms with Crippen molar-refractivity contribution >= 4 is 46.5 Å². The fourth-order valence-corrected chi connectivity index (χ4v) is 5.71. The van der Waals surface area contributed by atoms with Gasteiger partial charge < -0.3 is 15.5 Å². The summed E-state index contributed by atoms with van der Waals surface area (Å²) < 4.78 is 0. The number of anilines is 1. The minimum Gasteiger partial charge on any atom is -0.353 e. The summed E-state index contributed by atoms with van der Waals surface area (Å²) in [6.45, 7) is 0.424. The fourth-order valence-electron chi connectivity index (χ4n) is 4.60. The standard InChI is InChI=1S/C26H25N3O3S2/c1-33-19-7-4-16(5-8-19)17-6-9-22-21(13-17)26(32)29-11-10-18(14-23(29)25(31)28-22)27-24(30)15-20-3-2-12-34-20/h2-9,12-13,18,23H,10-11,14-15H2,1H3,(H,27,30)(H,28,31). The third kappa shape index (κ3) is 4.60. The molecule has 2 aliphatic heterocycles. The van der Waals surface area contributed by atoms with E-state index in [1.165, 1.54) is 4.90 Å². The van der Waals surface area contributed by atoms with Crippen LogP contribution in [-0.4, -0.2) is 47.5 Å². The molecule has 6 nitrogen and oxygen atoms in total. The van der Waals surface area contributed by atoms with Crippen LogP contribution < -0.4 is 10.6 Å². The Balaban J connectivity index is 1.33. The Kier molecular flexibility index (Phi) is 6.43. The summed E-state index contributed by atoms with van der Waals surface area (Å²) in [6, 6.07) is 16.9. The van der Waals surface area contributed by atoms with E-state index in [1.807, 2.05) is 54.1 Å². The average molecular weight is 492 g/mol. The quantitative estimate of drug-likeness (QED) is 0.518. The molecule has 2 aliphatic rings. The molecule has 0 saturated carbocycles. The van der Waals surface area contributed by atoms with Crippen LogP contribution in [0.25, 0.3) is 11.1 Å². The van der Waals surface area contributed by atoms with Crippen molar-refractivity contribution in [3.05, 3.63) is 70.4 Å². The molecule has 3 aromatic rings. The number of nitrogens with one attached hydrogen (secondary N) is 2. The molecule has 1 fully saturated rings. The van der Waals surface area contributed by atoms with Crippen molar-refractivity contribution < 1.29 is 14.4 Å². The minimum atomic E-state index is -0.606. The zero-order chi connectivity index (χ0) is 23.7.